The van der Waals surface area contributed by atoms with Crippen LogP contribution in [0.25, 0.3) is 0 Å². The molecule has 2 fully saturated rings. The first kappa shape index (κ1) is 21.3. The molecule has 2 aliphatic heterocycles. The fourth-order valence-corrected chi connectivity index (χ4v) is 5.75. The van der Waals surface area contributed by atoms with Crippen LogP contribution in [0.1, 0.15) is 38.5 Å². The summed E-state index contributed by atoms with van der Waals surface area (Å²) in [7, 11) is -3.19. The van der Waals surface area contributed by atoms with Crippen LogP contribution in [-0.2, 0) is 28.9 Å². The Balaban J connectivity index is 1.43. The topological polar surface area (TPSA) is 102 Å². The van der Waals surface area contributed by atoms with Gasteiger partial charge in [0.15, 0.2) is 16.4 Å². The molecule has 1 saturated heterocycles. The van der Waals surface area contributed by atoms with Gasteiger partial charge in [0.05, 0.1) is 25.4 Å². The minimum Gasteiger partial charge on any atom is -0.456 e. The molecule has 0 aromatic heterocycles. The standard InChI is InChI=1S/C19H30N2O6S/c22-17(13-27-18(23)12-16-4-11-28(24,25)14-16)20-15-19(5-2-1-3-6-19)21-7-9-26-10-8-21/h4,11,16H,1-3,5-10,12-15H2,(H,20,22). The first-order chi connectivity index (χ1) is 13.4. The number of nitrogens with zero attached hydrogens (tertiary/aromatic N) is 1. The largest absolute Gasteiger partial charge is 0.456 e. The fourth-order valence-electron chi connectivity index (χ4n) is 4.35. The maximum atomic E-state index is 12.2. The summed E-state index contributed by atoms with van der Waals surface area (Å²) >= 11 is 0. The molecule has 1 atom stereocenters. The van der Waals surface area contributed by atoms with Crippen molar-refractivity contribution in [1.29, 1.82) is 0 Å². The van der Waals surface area contributed by atoms with Gasteiger partial charge in [0.2, 0.25) is 0 Å². The molecular formula is C19H30N2O6S. The minimum absolute atomic E-state index is 0.0271. The Hall–Kier alpha value is -1.45. The van der Waals surface area contributed by atoms with Crippen LogP contribution >= 0.6 is 0 Å². The van der Waals surface area contributed by atoms with Crippen LogP contribution in [0.2, 0.25) is 0 Å². The zero-order valence-electron chi connectivity index (χ0n) is 16.2. The predicted molar refractivity (Wildman–Crippen MR) is 103 cm³/mol. The number of hydrogen-bond donors (Lipinski definition) is 1. The zero-order chi connectivity index (χ0) is 20.0. The Labute approximate surface area is 166 Å². The lowest BCUT2D eigenvalue weighted by molar-refractivity contribution is -0.149. The highest BCUT2D eigenvalue weighted by molar-refractivity contribution is 7.94. The average Bonchev–Trinajstić information content (AvgIpc) is 3.04. The van der Waals surface area contributed by atoms with Gasteiger partial charge in [-0.1, -0.05) is 25.3 Å². The minimum atomic E-state index is -3.19. The van der Waals surface area contributed by atoms with Gasteiger partial charge < -0.3 is 14.8 Å². The van der Waals surface area contributed by atoms with E-state index in [0.29, 0.717) is 6.54 Å². The van der Waals surface area contributed by atoms with Crippen molar-refractivity contribution in [2.75, 3.05) is 45.2 Å². The van der Waals surface area contributed by atoms with Crippen molar-refractivity contribution in [1.82, 2.24) is 10.2 Å². The molecule has 1 aliphatic carbocycles. The van der Waals surface area contributed by atoms with Crippen LogP contribution in [0, 0.1) is 5.92 Å². The van der Waals surface area contributed by atoms with E-state index >= 15 is 0 Å². The summed E-state index contributed by atoms with van der Waals surface area (Å²) < 4.78 is 33.2. The molecule has 0 radical (unpaired) electrons. The van der Waals surface area contributed by atoms with Crippen molar-refractivity contribution in [3.05, 3.63) is 11.5 Å². The van der Waals surface area contributed by atoms with Gasteiger partial charge in [0.25, 0.3) is 5.91 Å². The van der Waals surface area contributed by atoms with Crippen LogP contribution in [0.5, 0.6) is 0 Å². The van der Waals surface area contributed by atoms with Crippen LogP contribution in [0.15, 0.2) is 11.5 Å². The van der Waals surface area contributed by atoms with Crippen molar-refractivity contribution in [2.24, 2.45) is 5.92 Å². The SMILES string of the molecule is O=C(COC(=O)CC1C=CS(=O)(=O)C1)NCC1(N2CCOCC2)CCCCC1. The van der Waals surface area contributed by atoms with Crippen LogP contribution in [-0.4, -0.2) is 75.9 Å². The van der Waals surface area contributed by atoms with Crippen molar-refractivity contribution < 1.29 is 27.5 Å². The second-order valence-corrected chi connectivity index (χ2v) is 9.88. The molecule has 0 aromatic rings. The molecule has 0 aromatic carbocycles. The van der Waals surface area contributed by atoms with Gasteiger partial charge in [-0.15, -0.1) is 0 Å². The molecule has 2 heterocycles. The van der Waals surface area contributed by atoms with Crippen LogP contribution in [0.4, 0.5) is 0 Å². The van der Waals surface area contributed by atoms with E-state index in [2.05, 4.69) is 10.2 Å². The highest BCUT2D eigenvalue weighted by Crippen LogP contribution is 2.33. The fraction of sp³-hybridized carbons (Fsp3) is 0.789. The quantitative estimate of drug-likeness (QED) is 0.610. The van der Waals surface area contributed by atoms with E-state index in [4.69, 9.17) is 9.47 Å². The molecule has 0 spiro atoms. The van der Waals surface area contributed by atoms with Gasteiger partial charge in [-0.05, 0) is 12.8 Å². The molecule has 1 saturated carbocycles. The van der Waals surface area contributed by atoms with Gasteiger partial charge >= 0.3 is 5.97 Å². The number of allylic oxidation sites excluding steroid dienone is 1. The summed E-state index contributed by atoms with van der Waals surface area (Å²) in [5, 5.41) is 4.08. The molecule has 28 heavy (non-hydrogen) atoms. The third-order valence-corrected chi connectivity index (χ3v) is 7.34. The number of sulfone groups is 1. The highest BCUT2D eigenvalue weighted by atomic mass is 32.2. The van der Waals surface area contributed by atoms with Crippen LogP contribution < -0.4 is 5.32 Å². The molecule has 9 heteroatoms. The number of esters is 1. The lowest BCUT2D eigenvalue weighted by Gasteiger charge is -2.48. The van der Waals surface area contributed by atoms with Crippen molar-refractivity contribution >= 4 is 21.7 Å². The van der Waals surface area contributed by atoms with E-state index in [1.807, 2.05) is 0 Å². The molecular weight excluding hydrogens is 384 g/mol. The molecule has 3 aliphatic rings. The molecule has 1 N–H and O–H groups in total. The lowest BCUT2D eigenvalue weighted by atomic mass is 9.79. The number of rotatable bonds is 7. The van der Waals surface area contributed by atoms with Gasteiger partial charge in [-0.3, -0.25) is 14.5 Å². The maximum absolute atomic E-state index is 12.2. The third kappa shape index (κ3) is 5.78. The van der Waals surface area contributed by atoms with E-state index < -0.39 is 15.8 Å². The van der Waals surface area contributed by atoms with Crippen molar-refractivity contribution in [3.8, 4) is 0 Å². The summed E-state index contributed by atoms with van der Waals surface area (Å²) in [6.45, 7) is 3.41. The molecule has 1 unspecified atom stereocenters. The average molecular weight is 415 g/mol. The molecule has 0 bridgehead atoms. The summed E-state index contributed by atoms with van der Waals surface area (Å²) in [5.74, 6) is -1.31. The molecule has 158 valence electrons. The summed E-state index contributed by atoms with van der Waals surface area (Å²) in [5.41, 5.74) is -0.0370. The van der Waals surface area contributed by atoms with E-state index in [0.717, 1.165) is 57.4 Å². The van der Waals surface area contributed by atoms with Crippen molar-refractivity contribution in [3.63, 3.8) is 0 Å². The molecule has 8 nitrogen and oxygen atoms in total. The van der Waals surface area contributed by atoms with Crippen LogP contribution in [0.3, 0.4) is 0 Å². The summed E-state index contributed by atoms with van der Waals surface area (Å²) in [4.78, 5) is 26.5. The number of carbonyl (C=O) groups is 2. The Bertz CT molecular complexity index is 693. The Kier molecular flexibility index (Phi) is 7.11. The number of ether oxygens (including phenoxy) is 2. The predicted octanol–water partition coefficient (Wildman–Crippen LogP) is 0.629. The second-order valence-electron chi connectivity index (χ2n) is 7.94. The summed E-state index contributed by atoms with van der Waals surface area (Å²) in [6, 6.07) is 0. The molecule has 1 amide bonds. The zero-order valence-corrected chi connectivity index (χ0v) is 17.0. The number of hydrogen-bond acceptors (Lipinski definition) is 7. The Morgan fingerprint density at radius 1 is 1.18 bits per heavy atom. The number of carbonyl (C=O) groups excluding carboxylic acids is 2. The Morgan fingerprint density at radius 3 is 2.54 bits per heavy atom. The van der Waals surface area contributed by atoms with Gasteiger partial charge in [0, 0.05) is 36.5 Å². The second kappa shape index (κ2) is 9.37. The monoisotopic (exact) mass is 414 g/mol. The van der Waals surface area contributed by atoms with Gasteiger partial charge in [-0.25, -0.2) is 8.42 Å². The van der Waals surface area contributed by atoms with Gasteiger partial charge in [0.1, 0.15) is 0 Å². The third-order valence-electron chi connectivity index (χ3n) is 5.88. The number of amides is 1. The van der Waals surface area contributed by atoms with E-state index in [-0.39, 0.29) is 36.1 Å². The molecule has 3 rings (SSSR count). The number of nitrogens with one attached hydrogen (secondary N) is 1. The first-order valence-corrected chi connectivity index (χ1v) is 11.8. The lowest BCUT2D eigenvalue weighted by Crippen LogP contribution is -2.59. The van der Waals surface area contributed by atoms with E-state index in [9.17, 15) is 18.0 Å². The van der Waals surface area contributed by atoms with Crippen molar-refractivity contribution in [2.45, 2.75) is 44.1 Å². The smallest absolute Gasteiger partial charge is 0.306 e. The maximum Gasteiger partial charge on any atom is 0.306 e. The first-order valence-electron chi connectivity index (χ1n) is 10.0. The van der Waals surface area contributed by atoms with E-state index in [1.54, 1.807) is 0 Å². The number of morpholine rings is 1. The normalized spacial score (nSPS) is 26.6. The Morgan fingerprint density at radius 2 is 1.89 bits per heavy atom. The van der Waals surface area contributed by atoms with E-state index in [1.165, 1.54) is 12.5 Å². The van der Waals surface area contributed by atoms with Gasteiger partial charge in [-0.2, -0.15) is 0 Å². The summed E-state index contributed by atoms with van der Waals surface area (Å²) in [6.07, 6.45) is 7.11. The highest BCUT2D eigenvalue weighted by Gasteiger charge is 2.38.